The maximum atomic E-state index is 12.3. The van der Waals surface area contributed by atoms with Crippen LogP contribution in [0.2, 0.25) is 0 Å². The molecule has 0 saturated heterocycles. The van der Waals surface area contributed by atoms with E-state index in [1.54, 1.807) is 54.4 Å². The molecule has 1 aliphatic heterocycles. The lowest BCUT2D eigenvalue weighted by atomic mass is 10.0. The van der Waals surface area contributed by atoms with Gasteiger partial charge in [0.1, 0.15) is 5.76 Å². The smallest absolute Gasteiger partial charge is 0.260 e. The average Bonchev–Trinajstić information content (AvgIpc) is 2.95. The molecule has 0 radical (unpaired) electrons. The van der Waals surface area contributed by atoms with Gasteiger partial charge in [-0.15, -0.1) is 0 Å². The Balaban J connectivity index is 2.05. The Bertz CT molecular complexity index is 841. The summed E-state index contributed by atoms with van der Waals surface area (Å²) < 4.78 is 0. The molecule has 2 amide bonds. The van der Waals surface area contributed by atoms with E-state index >= 15 is 0 Å². The van der Waals surface area contributed by atoms with Crippen molar-refractivity contribution in [3.8, 4) is 0 Å². The summed E-state index contributed by atoms with van der Waals surface area (Å²) >= 11 is 0. The summed E-state index contributed by atoms with van der Waals surface area (Å²) in [6.07, 6.45) is 0. The average molecular weight is 322 g/mol. The number of rotatable bonds is 3. The first-order valence-corrected chi connectivity index (χ1v) is 7.72. The third-order valence-electron chi connectivity index (χ3n) is 4.12. The zero-order valence-electron chi connectivity index (χ0n) is 13.5. The van der Waals surface area contributed by atoms with E-state index < -0.39 is 0 Å². The van der Waals surface area contributed by atoms with Crippen molar-refractivity contribution in [2.75, 3.05) is 18.9 Å². The summed E-state index contributed by atoms with van der Waals surface area (Å²) in [6, 6.07) is 13.9. The summed E-state index contributed by atoms with van der Waals surface area (Å²) in [5.41, 5.74) is 2.42. The van der Waals surface area contributed by atoms with E-state index in [-0.39, 0.29) is 23.1 Å². The van der Waals surface area contributed by atoms with E-state index in [1.165, 1.54) is 0 Å². The SMILES string of the molecule is CCN(C)C(=O)c1ccc2c(c1)NC(=O)C2=C(O)c1ccccc1. The lowest BCUT2D eigenvalue weighted by Gasteiger charge is -2.14. The van der Waals surface area contributed by atoms with Crippen molar-refractivity contribution < 1.29 is 14.7 Å². The fraction of sp³-hybridized carbons (Fsp3) is 0.158. The summed E-state index contributed by atoms with van der Waals surface area (Å²) in [5, 5.41) is 13.2. The molecule has 0 atom stereocenters. The van der Waals surface area contributed by atoms with Crippen molar-refractivity contribution in [1.29, 1.82) is 0 Å². The van der Waals surface area contributed by atoms with Gasteiger partial charge in [-0.1, -0.05) is 36.4 Å². The predicted octanol–water partition coefficient (Wildman–Crippen LogP) is 3.16. The molecule has 5 heteroatoms. The molecule has 3 rings (SSSR count). The highest BCUT2D eigenvalue weighted by atomic mass is 16.3. The molecule has 0 fully saturated rings. The van der Waals surface area contributed by atoms with Crippen LogP contribution in [-0.2, 0) is 4.79 Å². The van der Waals surface area contributed by atoms with Crippen LogP contribution < -0.4 is 5.32 Å². The molecule has 0 aliphatic carbocycles. The van der Waals surface area contributed by atoms with Gasteiger partial charge in [-0.3, -0.25) is 9.59 Å². The normalized spacial score (nSPS) is 14.8. The monoisotopic (exact) mass is 322 g/mol. The molecule has 2 aromatic rings. The van der Waals surface area contributed by atoms with Gasteiger partial charge in [0.15, 0.2) is 0 Å². The van der Waals surface area contributed by atoms with Crippen molar-refractivity contribution in [2.45, 2.75) is 6.92 Å². The number of benzene rings is 2. The molecule has 0 unspecified atom stereocenters. The second kappa shape index (κ2) is 6.20. The third kappa shape index (κ3) is 2.65. The van der Waals surface area contributed by atoms with Crippen molar-refractivity contribution in [1.82, 2.24) is 4.90 Å². The quantitative estimate of drug-likeness (QED) is 0.673. The number of nitrogens with one attached hydrogen (secondary N) is 1. The number of aliphatic hydroxyl groups excluding tert-OH is 1. The minimum Gasteiger partial charge on any atom is -0.506 e. The summed E-state index contributed by atoms with van der Waals surface area (Å²) in [4.78, 5) is 26.1. The molecule has 2 N–H and O–H groups in total. The maximum absolute atomic E-state index is 12.3. The molecule has 1 heterocycles. The Morgan fingerprint density at radius 1 is 1.12 bits per heavy atom. The highest BCUT2D eigenvalue weighted by Crippen LogP contribution is 2.36. The van der Waals surface area contributed by atoms with Crippen LogP contribution in [-0.4, -0.2) is 35.4 Å². The van der Waals surface area contributed by atoms with E-state index in [4.69, 9.17) is 0 Å². The number of carbonyl (C=O) groups is 2. The minimum absolute atomic E-state index is 0.0726. The summed E-state index contributed by atoms with van der Waals surface area (Å²) in [6.45, 7) is 2.49. The van der Waals surface area contributed by atoms with Crippen LogP contribution in [0, 0.1) is 0 Å². The molecular formula is C19H18N2O3. The van der Waals surface area contributed by atoms with Crippen LogP contribution >= 0.6 is 0 Å². The first-order chi connectivity index (χ1) is 11.5. The number of hydrogen-bond acceptors (Lipinski definition) is 3. The zero-order valence-corrected chi connectivity index (χ0v) is 13.5. The van der Waals surface area contributed by atoms with Gasteiger partial charge in [0.2, 0.25) is 0 Å². The topological polar surface area (TPSA) is 69.6 Å². The van der Waals surface area contributed by atoms with Gasteiger partial charge in [-0.25, -0.2) is 0 Å². The van der Waals surface area contributed by atoms with Crippen molar-refractivity contribution in [3.05, 3.63) is 65.2 Å². The number of hydrogen-bond donors (Lipinski definition) is 2. The Morgan fingerprint density at radius 3 is 2.50 bits per heavy atom. The standard InChI is InChI=1S/C19H18N2O3/c1-3-21(2)19(24)13-9-10-14-15(11-13)20-18(23)16(14)17(22)12-7-5-4-6-8-12/h4-11,22H,3H2,1-2H3,(H,20,23). The lowest BCUT2D eigenvalue weighted by molar-refractivity contribution is -0.110. The molecule has 24 heavy (non-hydrogen) atoms. The highest BCUT2D eigenvalue weighted by Gasteiger charge is 2.29. The van der Waals surface area contributed by atoms with Gasteiger partial charge in [-0.05, 0) is 19.1 Å². The molecular weight excluding hydrogens is 304 g/mol. The molecule has 2 aromatic carbocycles. The molecule has 1 aliphatic rings. The van der Waals surface area contributed by atoms with Gasteiger partial charge < -0.3 is 15.3 Å². The van der Waals surface area contributed by atoms with E-state index in [1.807, 2.05) is 13.0 Å². The van der Waals surface area contributed by atoms with Crippen LogP contribution in [0.4, 0.5) is 5.69 Å². The second-order valence-corrected chi connectivity index (χ2v) is 5.62. The number of aliphatic hydroxyl groups is 1. The van der Waals surface area contributed by atoms with Crippen LogP contribution in [0.3, 0.4) is 0 Å². The summed E-state index contributed by atoms with van der Waals surface area (Å²) in [5.74, 6) is -0.560. The van der Waals surface area contributed by atoms with Gasteiger partial charge in [0.25, 0.3) is 11.8 Å². The van der Waals surface area contributed by atoms with E-state index in [0.29, 0.717) is 28.9 Å². The Hall–Kier alpha value is -3.08. The van der Waals surface area contributed by atoms with Crippen molar-refractivity contribution in [2.24, 2.45) is 0 Å². The summed E-state index contributed by atoms with van der Waals surface area (Å²) in [7, 11) is 1.72. The highest BCUT2D eigenvalue weighted by molar-refractivity contribution is 6.36. The Labute approximate surface area is 140 Å². The molecule has 0 saturated carbocycles. The van der Waals surface area contributed by atoms with Crippen LogP contribution in [0.15, 0.2) is 48.5 Å². The van der Waals surface area contributed by atoms with E-state index in [2.05, 4.69) is 5.32 Å². The van der Waals surface area contributed by atoms with Crippen LogP contribution in [0.5, 0.6) is 0 Å². The molecule has 0 bridgehead atoms. The number of carbonyl (C=O) groups excluding carboxylic acids is 2. The van der Waals surface area contributed by atoms with Gasteiger partial charge in [0, 0.05) is 30.3 Å². The largest absolute Gasteiger partial charge is 0.506 e. The second-order valence-electron chi connectivity index (χ2n) is 5.62. The maximum Gasteiger partial charge on any atom is 0.260 e. The minimum atomic E-state index is -0.375. The van der Waals surface area contributed by atoms with Crippen LogP contribution in [0.1, 0.15) is 28.4 Å². The molecule has 0 spiro atoms. The van der Waals surface area contributed by atoms with Gasteiger partial charge in [0.05, 0.1) is 11.3 Å². The number of amides is 2. The molecule has 122 valence electrons. The van der Waals surface area contributed by atoms with E-state index in [9.17, 15) is 14.7 Å². The molecule has 5 nitrogen and oxygen atoms in total. The first-order valence-electron chi connectivity index (χ1n) is 7.72. The van der Waals surface area contributed by atoms with Gasteiger partial charge >= 0.3 is 0 Å². The molecule has 0 aromatic heterocycles. The van der Waals surface area contributed by atoms with Gasteiger partial charge in [-0.2, -0.15) is 0 Å². The zero-order chi connectivity index (χ0) is 17.3. The third-order valence-corrected chi connectivity index (χ3v) is 4.12. The van der Waals surface area contributed by atoms with Crippen molar-refractivity contribution >= 4 is 28.8 Å². The van der Waals surface area contributed by atoms with E-state index in [0.717, 1.165) is 0 Å². The van der Waals surface area contributed by atoms with Crippen molar-refractivity contribution in [3.63, 3.8) is 0 Å². The fourth-order valence-corrected chi connectivity index (χ4v) is 2.65. The number of fused-ring (bicyclic) bond motifs is 1. The van der Waals surface area contributed by atoms with Crippen LogP contribution in [0.25, 0.3) is 11.3 Å². The fourth-order valence-electron chi connectivity index (χ4n) is 2.65. The number of nitrogens with zero attached hydrogens (tertiary/aromatic N) is 1. The lowest BCUT2D eigenvalue weighted by Crippen LogP contribution is -2.26. The Kier molecular flexibility index (Phi) is 4.08. The Morgan fingerprint density at radius 2 is 1.83 bits per heavy atom. The number of anilines is 1. The first kappa shape index (κ1) is 15.8. The predicted molar refractivity (Wildman–Crippen MR) is 93.6 cm³/mol.